The summed E-state index contributed by atoms with van der Waals surface area (Å²) in [7, 11) is -3.64. The van der Waals surface area contributed by atoms with E-state index in [0.29, 0.717) is 30.0 Å². The fraction of sp³-hybridized carbons (Fsp3) is 0.185. The van der Waals surface area contributed by atoms with Crippen molar-refractivity contribution in [3.63, 3.8) is 0 Å². The molecule has 2 aromatic carbocycles. The molecule has 0 bridgehead atoms. The molecule has 3 heterocycles. The maximum absolute atomic E-state index is 13.0. The summed E-state index contributed by atoms with van der Waals surface area (Å²) in [5, 5.41) is 0. The molecule has 10 heteroatoms. The third-order valence-corrected chi connectivity index (χ3v) is 8.35. The van der Waals surface area contributed by atoms with Crippen molar-refractivity contribution in [1.29, 1.82) is 0 Å². The predicted octanol–water partition coefficient (Wildman–Crippen LogP) is 3.02. The Morgan fingerprint density at radius 2 is 1.43 bits per heavy atom. The second-order valence-electron chi connectivity index (χ2n) is 8.72. The molecule has 0 saturated carbocycles. The van der Waals surface area contributed by atoms with Crippen LogP contribution in [-0.2, 0) is 14.8 Å². The molecule has 1 amide bonds. The van der Waals surface area contributed by atoms with Crippen LogP contribution in [-0.4, -0.2) is 70.0 Å². The van der Waals surface area contributed by atoms with Gasteiger partial charge in [-0.15, -0.1) is 0 Å². The highest BCUT2D eigenvalue weighted by Crippen LogP contribution is 2.25. The van der Waals surface area contributed by atoms with Crippen molar-refractivity contribution < 1.29 is 18.0 Å². The minimum atomic E-state index is -3.64. The quantitative estimate of drug-likeness (QED) is 0.366. The van der Waals surface area contributed by atoms with Gasteiger partial charge in [0, 0.05) is 62.8 Å². The zero-order valence-corrected chi connectivity index (χ0v) is 21.0. The molecule has 1 aliphatic rings. The van der Waals surface area contributed by atoms with E-state index in [1.54, 1.807) is 82.9 Å². The van der Waals surface area contributed by atoms with Gasteiger partial charge in [0.15, 0.2) is 5.78 Å². The monoisotopic (exact) mass is 515 g/mol. The predicted molar refractivity (Wildman–Crippen MR) is 138 cm³/mol. The highest BCUT2D eigenvalue weighted by molar-refractivity contribution is 7.89. The van der Waals surface area contributed by atoms with E-state index >= 15 is 0 Å². The van der Waals surface area contributed by atoms with Crippen molar-refractivity contribution in [1.82, 2.24) is 23.7 Å². The van der Waals surface area contributed by atoms with Gasteiger partial charge in [0.25, 0.3) is 0 Å². The number of sulfonamides is 1. The molecule has 0 spiro atoms. The summed E-state index contributed by atoms with van der Waals surface area (Å²) >= 11 is 0. The summed E-state index contributed by atoms with van der Waals surface area (Å²) in [4.78, 5) is 34.6. The number of hydrogen-bond donors (Lipinski definition) is 0. The molecule has 0 aliphatic carbocycles. The Bertz CT molecular complexity index is 1510. The van der Waals surface area contributed by atoms with Crippen molar-refractivity contribution in [3.05, 3.63) is 96.7 Å². The minimum absolute atomic E-state index is 0.0469. The van der Waals surface area contributed by atoms with Crippen molar-refractivity contribution in [3.8, 4) is 16.9 Å². The van der Waals surface area contributed by atoms with Crippen LogP contribution in [0, 0.1) is 0 Å². The van der Waals surface area contributed by atoms with E-state index in [1.165, 1.54) is 11.2 Å². The molecule has 9 nitrogen and oxygen atoms in total. The average Bonchev–Trinajstić information content (AvgIpc) is 3.48. The number of ketones is 1. The van der Waals surface area contributed by atoms with Crippen LogP contribution < -0.4 is 0 Å². The van der Waals surface area contributed by atoms with Gasteiger partial charge in [-0.05, 0) is 35.4 Å². The molecular weight excluding hydrogens is 490 g/mol. The molecule has 2 aromatic heterocycles. The first kappa shape index (κ1) is 24.5. The topological polar surface area (TPSA) is 105 Å². The number of amides is 1. The normalized spacial score (nSPS) is 14.5. The lowest BCUT2D eigenvalue weighted by Crippen LogP contribution is -2.49. The van der Waals surface area contributed by atoms with E-state index in [-0.39, 0.29) is 29.7 Å². The Morgan fingerprint density at radius 1 is 0.811 bits per heavy atom. The maximum Gasteiger partial charge on any atom is 0.243 e. The molecule has 1 aliphatic heterocycles. The van der Waals surface area contributed by atoms with Crippen LogP contribution in [0.15, 0.2) is 90.5 Å². The summed E-state index contributed by atoms with van der Waals surface area (Å²) in [6, 6.07) is 17.4. The number of piperazine rings is 1. The number of carbonyl (C=O) groups excluding carboxylic acids is 2. The first-order valence-electron chi connectivity index (χ1n) is 11.8. The van der Waals surface area contributed by atoms with Gasteiger partial charge in [-0.2, -0.15) is 4.31 Å². The molecule has 5 rings (SSSR count). The van der Waals surface area contributed by atoms with Crippen LogP contribution in [0.25, 0.3) is 16.9 Å². The SMILES string of the molecule is CC(=O)N1CCN(S(=O)(=O)c2ccc(-c3ccc(C(=O)c4ccc(-n5ccnc5)nc4)cc3)cc2)CC1. The van der Waals surface area contributed by atoms with Crippen LogP contribution in [0.3, 0.4) is 0 Å². The van der Waals surface area contributed by atoms with Crippen molar-refractivity contribution >= 4 is 21.7 Å². The van der Waals surface area contributed by atoms with Gasteiger partial charge in [0.05, 0.1) is 4.90 Å². The van der Waals surface area contributed by atoms with Gasteiger partial charge >= 0.3 is 0 Å². The Kier molecular flexibility index (Phi) is 6.68. The number of hydrogen-bond acceptors (Lipinski definition) is 6. The van der Waals surface area contributed by atoms with Crippen molar-refractivity contribution in [2.24, 2.45) is 0 Å². The van der Waals surface area contributed by atoms with Crippen molar-refractivity contribution in [2.75, 3.05) is 26.2 Å². The zero-order chi connectivity index (χ0) is 26.0. The lowest BCUT2D eigenvalue weighted by molar-refractivity contribution is -0.129. The van der Waals surface area contributed by atoms with Crippen LogP contribution >= 0.6 is 0 Å². The largest absolute Gasteiger partial charge is 0.340 e. The first-order valence-corrected chi connectivity index (χ1v) is 13.2. The molecule has 37 heavy (non-hydrogen) atoms. The number of rotatable bonds is 6. The second kappa shape index (κ2) is 10.1. The van der Waals surface area contributed by atoms with Crippen LogP contribution in [0.1, 0.15) is 22.8 Å². The summed E-state index contributed by atoms with van der Waals surface area (Å²) < 4.78 is 29.2. The van der Waals surface area contributed by atoms with E-state index in [0.717, 1.165) is 11.1 Å². The molecule has 1 saturated heterocycles. The molecule has 188 valence electrons. The summed E-state index contributed by atoms with van der Waals surface area (Å²) in [6.45, 7) is 2.83. The first-order chi connectivity index (χ1) is 17.8. The molecule has 1 fully saturated rings. The minimum Gasteiger partial charge on any atom is -0.340 e. The van der Waals surface area contributed by atoms with Crippen LogP contribution in [0.5, 0.6) is 0 Å². The lowest BCUT2D eigenvalue weighted by Gasteiger charge is -2.33. The highest BCUT2D eigenvalue weighted by Gasteiger charge is 2.29. The summed E-state index contributed by atoms with van der Waals surface area (Å²) in [6.07, 6.45) is 6.63. The van der Waals surface area contributed by atoms with Gasteiger partial charge in [0.2, 0.25) is 15.9 Å². The Balaban J connectivity index is 1.27. The van der Waals surface area contributed by atoms with E-state index in [2.05, 4.69) is 9.97 Å². The number of pyridine rings is 1. The highest BCUT2D eigenvalue weighted by atomic mass is 32.2. The maximum atomic E-state index is 13.0. The fourth-order valence-electron chi connectivity index (χ4n) is 4.26. The Hall–Kier alpha value is -4.15. The van der Waals surface area contributed by atoms with Gasteiger partial charge in [-0.3, -0.25) is 14.2 Å². The van der Waals surface area contributed by atoms with Gasteiger partial charge in [-0.25, -0.2) is 18.4 Å². The molecule has 4 aromatic rings. The molecular formula is C27H25N5O4S. The third kappa shape index (κ3) is 5.07. The third-order valence-electron chi connectivity index (χ3n) is 6.44. The number of nitrogens with zero attached hydrogens (tertiary/aromatic N) is 5. The number of aromatic nitrogens is 3. The number of imidazole rings is 1. The fourth-order valence-corrected chi connectivity index (χ4v) is 5.68. The van der Waals surface area contributed by atoms with Gasteiger partial charge in [0.1, 0.15) is 12.1 Å². The number of benzene rings is 2. The van der Waals surface area contributed by atoms with Crippen molar-refractivity contribution in [2.45, 2.75) is 11.8 Å². The standard InChI is InChI=1S/C27H25N5O4S/c1-20(33)30-14-16-32(17-15-30)37(35,36)25-9-6-22(7-10-25)21-2-4-23(5-3-21)27(34)24-8-11-26(29-18-24)31-13-12-28-19-31/h2-13,18-19H,14-17H2,1H3. The average molecular weight is 516 g/mol. The van der Waals surface area contributed by atoms with E-state index < -0.39 is 10.0 Å². The number of carbonyl (C=O) groups is 2. The van der Waals surface area contributed by atoms with E-state index in [9.17, 15) is 18.0 Å². The van der Waals surface area contributed by atoms with E-state index in [4.69, 9.17) is 0 Å². The second-order valence-corrected chi connectivity index (χ2v) is 10.7. The van der Waals surface area contributed by atoms with Crippen LogP contribution in [0.2, 0.25) is 0 Å². The Morgan fingerprint density at radius 3 is 1.97 bits per heavy atom. The zero-order valence-electron chi connectivity index (χ0n) is 20.2. The van der Waals surface area contributed by atoms with Gasteiger partial charge < -0.3 is 4.90 Å². The summed E-state index contributed by atoms with van der Waals surface area (Å²) in [5.74, 6) is 0.491. The lowest BCUT2D eigenvalue weighted by atomic mass is 10.0. The molecule has 0 radical (unpaired) electrons. The smallest absolute Gasteiger partial charge is 0.243 e. The van der Waals surface area contributed by atoms with Gasteiger partial charge in [-0.1, -0.05) is 36.4 Å². The molecule has 0 unspecified atom stereocenters. The van der Waals surface area contributed by atoms with Crippen LogP contribution in [0.4, 0.5) is 0 Å². The Labute approximate surface area is 215 Å². The summed E-state index contributed by atoms with van der Waals surface area (Å²) in [5.41, 5.74) is 2.72. The molecule has 0 N–H and O–H groups in total. The molecule has 0 atom stereocenters. The van der Waals surface area contributed by atoms with E-state index in [1.807, 2.05) is 12.1 Å².